The van der Waals surface area contributed by atoms with Crippen LogP contribution in [0.15, 0.2) is 54.7 Å². The molecule has 5 atom stereocenters. The van der Waals surface area contributed by atoms with Gasteiger partial charge in [-0.15, -0.1) is 0 Å². The zero-order chi connectivity index (χ0) is 30.3. The van der Waals surface area contributed by atoms with Gasteiger partial charge in [-0.1, -0.05) is 44.2 Å². The summed E-state index contributed by atoms with van der Waals surface area (Å²) in [7, 11) is 0. The number of aliphatic hydroxyl groups is 1. The van der Waals surface area contributed by atoms with Crippen molar-refractivity contribution in [1.82, 2.24) is 20.9 Å². The average Bonchev–Trinajstić information content (AvgIpc) is 3.33. The van der Waals surface area contributed by atoms with Crippen LogP contribution in [0.25, 0.3) is 10.9 Å². The Labute approximate surface area is 237 Å². The van der Waals surface area contributed by atoms with E-state index in [0.717, 1.165) is 10.9 Å². The highest BCUT2D eigenvalue weighted by Gasteiger charge is 2.34. The topological polar surface area (TPSA) is 207 Å². The van der Waals surface area contributed by atoms with Gasteiger partial charge in [0.1, 0.15) is 23.9 Å². The lowest BCUT2D eigenvalue weighted by Crippen LogP contribution is -2.61. The Bertz CT molecular complexity index is 1370. The summed E-state index contributed by atoms with van der Waals surface area (Å²) in [6, 6.07) is 8.60. The molecule has 0 aliphatic rings. The van der Waals surface area contributed by atoms with Gasteiger partial charge in [-0.2, -0.15) is 0 Å². The van der Waals surface area contributed by atoms with Crippen molar-refractivity contribution >= 4 is 34.6 Å². The molecular weight excluding hydrogens is 530 g/mol. The molecule has 1 heterocycles. The maximum Gasteiger partial charge on any atom is 0.326 e. The first-order valence-corrected chi connectivity index (χ1v) is 13.3. The number of aromatic amines is 1. The highest BCUT2D eigenvalue weighted by atomic mass is 16.4. The van der Waals surface area contributed by atoms with E-state index in [1.807, 2.05) is 24.3 Å². The van der Waals surface area contributed by atoms with E-state index in [9.17, 15) is 34.5 Å². The number of hydrogen-bond acceptors (Lipinski definition) is 7. The molecule has 0 radical (unpaired) electrons. The Kier molecular flexibility index (Phi) is 10.5. The molecule has 0 bridgehead atoms. The van der Waals surface area contributed by atoms with Gasteiger partial charge in [0.05, 0.1) is 12.1 Å². The number of rotatable bonds is 13. The predicted octanol–water partition coefficient (Wildman–Crippen LogP) is 0.562. The van der Waals surface area contributed by atoms with Gasteiger partial charge in [0, 0.05) is 23.5 Å². The number of phenols is 1. The number of amides is 3. The smallest absolute Gasteiger partial charge is 0.326 e. The second kappa shape index (κ2) is 13.8. The molecule has 12 heteroatoms. The first kappa shape index (κ1) is 31.1. The number of carboxylic acids is 1. The minimum absolute atomic E-state index is 0.00905. The minimum atomic E-state index is -1.43. The first-order chi connectivity index (χ1) is 19.4. The number of hydrogen-bond donors (Lipinski definition) is 8. The number of aromatic hydroxyl groups is 1. The monoisotopic (exact) mass is 567 g/mol. The zero-order valence-corrected chi connectivity index (χ0v) is 23.1. The van der Waals surface area contributed by atoms with Crippen molar-refractivity contribution in [2.45, 2.75) is 63.9 Å². The predicted molar refractivity (Wildman–Crippen MR) is 152 cm³/mol. The maximum atomic E-state index is 13.2. The number of nitrogens with two attached hydrogens (primary N) is 1. The van der Waals surface area contributed by atoms with Crippen molar-refractivity contribution in [3.63, 3.8) is 0 Å². The number of carbonyl (C=O) groups is 4. The van der Waals surface area contributed by atoms with Crippen LogP contribution in [0.1, 0.15) is 31.9 Å². The summed E-state index contributed by atoms with van der Waals surface area (Å²) < 4.78 is 0. The van der Waals surface area contributed by atoms with Crippen molar-refractivity contribution in [1.29, 1.82) is 0 Å². The standard InChI is InChI=1S/C29H37N5O7/c1-15(2)24(27(38)32-23(29(40)41)13-18-14-31-22-7-5-4-6-20(18)22)33-28(39)25(16(3)35)34-26(37)21(30)12-17-8-10-19(36)11-9-17/h4-11,14-16,21,23-25,31,35-36H,12-13,30H2,1-3H3,(H,32,38)(H,33,39)(H,34,37)(H,40,41). The quantitative estimate of drug-likeness (QED) is 0.146. The number of aliphatic hydroxyl groups excluding tert-OH is 1. The van der Waals surface area contributed by atoms with Crippen LogP contribution in [0.2, 0.25) is 0 Å². The van der Waals surface area contributed by atoms with Crippen molar-refractivity contribution < 1.29 is 34.5 Å². The van der Waals surface area contributed by atoms with Crippen molar-refractivity contribution in [3.05, 3.63) is 65.9 Å². The van der Waals surface area contributed by atoms with E-state index < -0.39 is 59.9 Å². The molecule has 12 nitrogen and oxygen atoms in total. The van der Waals surface area contributed by atoms with Crippen molar-refractivity contribution in [2.75, 3.05) is 0 Å². The van der Waals surface area contributed by atoms with Gasteiger partial charge in [-0.05, 0) is 48.6 Å². The van der Waals surface area contributed by atoms with Crippen LogP contribution in [0, 0.1) is 5.92 Å². The Hall–Kier alpha value is -4.42. The highest BCUT2D eigenvalue weighted by molar-refractivity contribution is 5.94. The number of H-pyrrole nitrogens is 1. The van der Waals surface area contributed by atoms with Crippen LogP contribution in [-0.4, -0.2) is 74.3 Å². The Balaban J connectivity index is 1.67. The van der Waals surface area contributed by atoms with Crippen LogP contribution < -0.4 is 21.7 Å². The van der Waals surface area contributed by atoms with Crippen molar-refractivity contribution in [2.24, 2.45) is 11.7 Å². The summed E-state index contributed by atoms with van der Waals surface area (Å²) in [5.74, 6) is -3.89. The molecule has 3 aromatic rings. The van der Waals surface area contributed by atoms with Gasteiger partial charge in [0.2, 0.25) is 17.7 Å². The van der Waals surface area contributed by atoms with Crippen LogP contribution in [0.3, 0.4) is 0 Å². The number of nitrogens with one attached hydrogen (secondary N) is 4. The molecule has 41 heavy (non-hydrogen) atoms. The fraction of sp³-hybridized carbons (Fsp3) is 0.379. The molecular formula is C29H37N5O7. The Morgan fingerprint density at radius 3 is 2.07 bits per heavy atom. The third-order valence-electron chi connectivity index (χ3n) is 6.75. The molecule has 220 valence electrons. The Morgan fingerprint density at radius 2 is 1.46 bits per heavy atom. The fourth-order valence-corrected chi connectivity index (χ4v) is 4.40. The van der Waals surface area contributed by atoms with Gasteiger partial charge in [0.15, 0.2) is 0 Å². The molecule has 0 aliphatic heterocycles. The molecule has 0 saturated heterocycles. The molecule has 9 N–H and O–H groups in total. The van der Waals surface area contributed by atoms with E-state index in [1.54, 1.807) is 32.2 Å². The summed E-state index contributed by atoms with van der Waals surface area (Å²) in [4.78, 5) is 54.1. The summed E-state index contributed by atoms with van der Waals surface area (Å²) in [5, 5.41) is 37.8. The second-order valence-corrected chi connectivity index (χ2v) is 10.4. The lowest BCUT2D eigenvalue weighted by atomic mass is 10.00. The number of aromatic nitrogens is 1. The van der Waals surface area contributed by atoms with Crippen LogP contribution in [-0.2, 0) is 32.0 Å². The molecule has 5 unspecified atom stereocenters. The molecule has 0 spiro atoms. The van der Waals surface area contributed by atoms with E-state index in [-0.39, 0.29) is 18.6 Å². The highest BCUT2D eigenvalue weighted by Crippen LogP contribution is 2.19. The summed E-state index contributed by atoms with van der Waals surface area (Å²) >= 11 is 0. The van der Waals surface area contributed by atoms with E-state index in [2.05, 4.69) is 20.9 Å². The molecule has 0 saturated carbocycles. The lowest BCUT2D eigenvalue weighted by Gasteiger charge is -2.28. The third-order valence-corrected chi connectivity index (χ3v) is 6.75. The van der Waals surface area contributed by atoms with Crippen molar-refractivity contribution in [3.8, 4) is 5.75 Å². The molecule has 3 rings (SSSR count). The maximum absolute atomic E-state index is 13.2. The van der Waals surface area contributed by atoms with Gasteiger partial charge < -0.3 is 42.0 Å². The molecule has 0 fully saturated rings. The number of carbonyl (C=O) groups excluding carboxylic acids is 3. The summed E-state index contributed by atoms with van der Waals surface area (Å²) in [6.45, 7) is 4.65. The Morgan fingerprint density at radius 1 is 0.854 bits per heavy atom. The molecule has 1 aromatic heterocycles. The molecule has 3 amide bonds. The molecule has 2 aromatic carbocycles. The number of benzene rings is 2. The number of phenolic OH excluding ortho intramolecular Hbond substituents is 1. The largest absolute Gasteiger partial charge is 0.508 e. The lowest BCUT2D eigenvalue weighted by molar-refractivity contribution is -0.142. The summed E-state index contributed by atoms with van der Waals surface area (Å²) in [6.07, 6.45) is 0.486. The molecule has 0 aliphatic carbocycles. The SMILES string of the molecule is CC(C)C(NC(=O)C(NC(=O)C(N)Cc1ccc(O)cc1)C(C)O)C(=O)NC(Cc1c[nH]c2ccccc12)C(=O)O. The van der Waals surface area contributed by atoms with E-state index in [1.165, 1.54) is 19.1 Å². The number of fused-ring (bicyclic) bond motifs is 1. The zero-order valence-electron chi connectivity index (χ0n) is 23.1. The number of carboxylic acid groups (broad SMARTS) is 1. The van der Waals surface area contributed by atoms with E-state index >= 15 is 0 Å². The summed E-state index contributed by atoms with van der Waals surface area (Å²) in [5.41, 5.74) is 8.22. The van der Waals surface area contributed by atoms with Gasteiger partial charge in [-0.3, -0.25) is 14.4 Å². The first-order valence-electron chi connectivity index (χ1n) is 13.3. The number of para-hydroxylation sites is 1. The second-order valence-electron chi connectivity index (χ2n) is 10.4. The van der Waals surface area contributed by atoms with Gasteiger partial charge in [-0.25, -0.2) is 4.79 Å². The van der Waals surface area contributed by atoms with E-state index in [0.29, 0.717) is 11.1 Å². The van der Waals surface area contributed by atoms with Gasteiger partial charge >= 0.3 is 5.97 Å². The normalized spacial score (nSPS) is 15.0. The van der Waals surface area contributed by atoms with E-state index in [4.69, 9.17) is 5.73 Å². The van der Waals surface area contributed by atoms with Crippen LogP contribution in [0.5, 0.6) is 5.75 Å². The van der Waals surface area contributed by atoms with Crippen LogP contribution >= 0.6 is 0 Å². The average molecular weight is 568 g/mol. The van der Waals surface area contributed by atoms with Crippen LogP contribution in [0.4, 0.5) is 0 Å². The fourth-order valence-electron chi connectivity index (χ4n) is 4.40. The third kappa shape index (κ3) is 8.29. The minimum Gasteiger partial charge on any atom is -0.508 e. The number of aliphatic carboxylic acids is 1. The van der Waals surface area contributed by atoms with Gasteiger partial charge in [0.25, 0.3) is 0 Å².